The molecule has 0 aromatic heterocycles. The molecule has 6 heteroatoms. The van der Waals surface area contributed by atoms with Crippen molar-refractivity contribution in [1.29, 1.82) is 0 Å². The van der Waals surface area contributed by atoms with Crippen LogP contribution in [0.5, 0.6) is 0 Å². The highest BCUT2D eigenvalue weighted by Crippen LogP contribution is 2.24. The summed E-state index contributed by atoms with van der Waals surface area (Å²) in [6, 6.07) is 6.33. The van der Waals surface area contributed by atoms with Gasteiger partial charge in [0, 0.05) is 26.2 Å². The number of halogens is 1. The lowest BCUT2D eigenvalue weighted by Crippen LogP contribution is -2.49. The third kappa shape index (κ3) is 4.07. The fourth-order valence-electron chi connectivity index (χ4n) is 3.29. The van der Waals surface area contributed by atoms with Crippen LogP contribution in [-0.4, -0.2) is 72.4 Å². The number of carbonyl (C=O) groups is 1. The van der Waals surface area contributed by atoms with Crippen molar-refractivity contribution in [2.45, 2.75) is 18.4 Å². The quantitative estimate of drug-likeness (QED) is 0.885. The van der Waals surface area contributed by atoms with E-state index < -0.39 is 5.60 Å². The van der Waals surface area contributed by atoms with E-state index in [1.807, 2.05) is 0 Å². The number of morpholine rings is 1. The molecule has 1 aromatic carbocycles. The van der Waals surface area contributed by atoms with E-state index in [-0.39, 0.29) is 18.1 Å². The first kappa shape index (κ1) is 16.4. The van der Waals surface area contributed by atoms with Gasteiger partial charge in [-0.05, 0) is 18.1 Å². The molecule has 1 aromatic rings. The lowest BCUT2D eigenvalue weighted by Gasteiger charge is -2.33. The molecule has 0 unspecified atom stereocenters. The fourth-order valence-corrected chi connectivity index (χ4v) is 3.29. The number of hydrogen-bond donors (Lipinski definition) is 1. The Kier molecular flexibility index (Phi) is 4.94. The average molecular weight is 322 g/mol. The maximum Gasteiger partial charge on any atom is 0.227 e. The Morgan fingerprint density at radius 3 is 2.74 bits per heavy atom. The van der Waals surface area contributed by atoms with Crippen LogP contribution in [-0.2, 0) is 16.0 Å². The van der Waals surface area contributed by atoms with Crippen LogP contribution >= 0.6 is 0 Å². The van der Waals surface area contributed by atoms with Gasteiger partial charge in [0.05, 0.1) is 31.8 Å². The van der Waals surface area contributed by atoms with Crippen molar-refractivity contribution >= 4 is 5.91 Å². The Hall–Kier alpha value is -1.50. The van der Waals surface area contributed by atoms with E-state index in [0.29, 0.717) is 44.8 Å². The van der Waals surface area contributed by atoms with Gasteiger partial charge in [0.15, 0.2) is 0 Å². The first-order chi connectivity index (χ1) is 11.1. The Morgan fingerprint density at radius 1 is 1.26 bits per heavy atom. The topological polar surface area (TPSA) is 53.0 Å². The van der Waals surface area contributed by atoms with Gasteiger partial charge in [-0.15, -0.1) is 0 Å². The first-order valence-corrected chi connectivity index (χ1v) is 8.09. The molecule has 2 heterocycles. The molecule has 2 fully saturated rings. The van der Waals surface area contributed by atoms with Gasteiger partial charge in [-0.25, -0.2) is 4.39 Å². The SMILES string of the molecule is O=C(Cc1ccccc1F)N1CC[C@@](O)(CN2CCOCC2)C1. The normalized spacial score (nSPS) is 25.7. The summed E-state index contributed by atoms with van der Waals surface area (Å²) in [5, 5.41) is 10.7. The summed E-state index contributed by atoms with van der Waals surface area (Å²) >= 11 is 0. The van der Waals surface area contributed by atoms with E-state index in [4.69, 9.17) is 4.74 Å². The van der Waals surface area contributed by atoms with Gasteiger partial charge in [0.25, 0.3) is 0 Å². The molecule has 3 rings (SSSR count). The molecule has 0 spiro atoms. The summed E-state index contributed by atoms with van der Waals surface area (Å²) in [6.07, 6.45) is 0.605. The summed E-state index contributed by atoms with van der Waals surface area (Å²) in [6.45, 7) is 4.39. The van der Waals surface area contributed by atoms with Crippen LogP contribution in [0.1, 0.15) is 12.0 Å². The summed E-state index contributed by atoms with van der Waals surface area (Å²) in [5.74, 6) is -0.489. The van der Waals surface area contributed by atoms with E-state index in [0.717, 1.165) is 13.1 Å². The molecule has 126 valence electrons. The smallest absolute Gasteiger partial charge is 0.227 e. The third-order valence-corrected chi connectivity index (χ3v) is 4.61. The number of aliphatic hydroxyl groups is 1. The Bertz CT molecular complexity index is 563. The molecule has 2 aliphatic heterocycles. The summed E-state index contributed by atoms with van der Waals surface area (Å²) in [7, 11) is 0. The van der Waals surface area contributed by atoms with Gasteiger partial charge in [0.2, 0.25) is 5.91 Å². The summed E-state index contributed by atoms with van der Waals surface area (Å²) in [5.41, 5.74) is -0.469. The molecule has 2 aliphatic rings. The maximum absolute atomic E-state index is 13.7. The number of β-amino-alcohol motifs (C(OH)–C–C–N with tert-alkyl or cyclic N) is 1. The van der Waals surface area contributed by atoms with E-state index >= 15 is 0 Å². The Morgan fingerprint density at radius 2 is 2.00 bits per heavy atom. The van der Waals surface area contributed by atoms with Crippen LogP contribution in [0.25, 0.3) is 0 Å². The first-order valence-electron chi connectivity index (χ1n) is 8.09. The standard InChI is InChI=1S/C17H23FN2O3/c18-15-4-2-1-3-14(15)11-16(21)20-6-5-17(22,13-20)12-19-7-9-23-10-8-19/h1-4,22H,5-13H2/t17-/m1/s1. The highest BCUT2D eigenvalue weighted by Gasteiger charge is 2.39. The van der Waals surface area contributed by atoms with Crippen molar-refractivity contribution in [1.82, 2.24) is 9.80 Å². The van der Waals surface area contributed by atoms with E-state index in [2.05, 4.69) is 4.90 Å². The van der Waals surface area contributed by atoms with Crippen LogP contribution in [0.3, 0.4) is 0 Å². The molecular weight excluding hydrogens is 299 g/mol. The number of carbonyl (C=O) groups excluding carboxylic acids is 1. The maximum atomic E-state index is 13.7. The lowest BCUT2D eigenvalue weighted by atomic mass is 10.0. The van der Waals surface area contributed by atoms with E-state index in [1.165, 1.54) is 6.07 Å². The van der Waals surface area contributed by atoms with Gasteiger partial charge in [-0.3, -0.25) is 9.69 Å². The van der Waals surface area contributed by atoms with Crippen molar-refractivity contribution in [3.63, 3.8) is 0 Å². The van der Waals surface area contributed by atoms with Crippen LogP contribution in [0.2, 0.25) is 0 Å². The molecule has 2 saturated heterocycles. The second-order valence-electron chi connectivity index (χ2n) is 6.45. The van der Waals surface area contributed by atoms with Crippen molar-refractivity contribution in [3.8, 4) is 0 Å². The van der Waals surface area contributed by atoms with Crippen LogP contribution in [0.15, 0.2) is 24.3 Å². The molecule has 1 atom stereocenters. The molecule has 0 bridgehead atoms. The van der Waals surface area contributed by atoms with Gasteiger partial charge < -0.3 is 14.7 Å². The molecule has 1 N–H and O–H groups in total. The summed E-state index contributed by atoms with van der Waals surface area (Å²) < 4.78 is 19.0. The van der Waals surface area contributed by atoms with Crippen molar-refractivity contribution in [3.05, 3.63) is 35.6 Å². The minimum Gasteiger partial charge on any atom is -0.387 e. The van der Waals surface area contributed by atoms with Crippen LogP contribution < -0.4 is 0 Å². The zero-order valence-electron chi connectivity index (χ0n) is 13.2. The predicted octanol–water partition coefficient (Wildman–Crippen LogP) is 0.664. The monoisotopic (exact) mass is 322 g/mol. The minimum absolute atomic E-state index is 0.0420. The molecule has 0 aliphatic carbocycles. The number of ether oxygens (including phenoxy) is 1. The number of amides is 1. The van der Waals surface area contributed by atoms with Crippen molar-refractivity contribution in [2.24, 2.45) is 0 Å². The highest BCUT2D eigenvalue weighted by atomic mass is 19.1. The Labute approximate surface area is 135 Å². The van der Waals surface area contributed by atoms with Crippen LogP contribution in [0, 0.1) is 5.82 Å². The van der Waals surface area contributed by atoms with E-state index in [1.54, 1.807) is 23.1 Å². The number of likely N-dealkylation sites (tertiary alicyclic amines) is 1. The van der Waals surface area contributed by atoms with Crippen LogP contribution in [0.4, 0.5) is 4.39 Å². The predicted molar refractivity (Wildman–Crippen MR) is 83.5 cm³/mol. The molecule has 0 radical (unpaired) electrons. The van der Waals surface area contributed by atoms with Crippen molar-refractivity contribution < 1.29 is 19.0 Å². The highest BCUT2D eigenvalue weighted by molar-refractivity contribution is 5.79. The number of hydrogen-bond acceptors (Lipinski definition) is 4. The molecule has 23 heavy (non-hydrogen) atoms. The second kappa shape index (κ2) is 6.95. The minimum atomic E-state index is -0.873. The number of rotatable bonds is 4. The zero-order valence-corrected chi connectivity index (χ0v) is 13.2. The van der Waals surface area contributed by atoms with Gasteiger partial charge in [-0.1, -0.05) is 18.2 Å². The number of benzene rings is 1. The fraction of sp³-hybridized carbons (Fsp3) is 0.588. The van der Waals surface area contributed by atoms with Gasteiger partial charge >= 0.3 is 0 Å². The molecule has 0 saturated carbocycles. The zero-order chi connectivity index (χ0) is 16.3. The molecule has 1 amide bonds. The second-order valence-corrected chi connectivity index (χ2v) is 6.45. The van der Waals surface area contributed by atoms with Crippen molar-refractivity contribution in [2.75, 3.05) is 45.9 Å². The summed E-state index contributed by atoms with van der Waals surface area (Å²) in [4.78, 5) is 16.2. The third-order valence-electron chi connectivity index (χ3n) is 4.61. The largest absolute Gasteiger partial charge is 0.387 e. The van der Waals surface area contributed by atoms with Gasteiger partial charge in [0.1, 0.15) is 5.82 Å². The average Bonchev–Trinajstić information content (AvgIpc) is 2.93. The Balaban J connectivity index is 1.56. The molecule has 5 nitrogen and oxygen atoms in total. The van der Waals surface area contributed by atoms with E-state index in [9.17, 15) is 14.3 Å². The number of nitrogens with zero attached hydrogens (tertiary/aromatic N) is 2. The lowest BCUT2D eigenvalue weighted by molar-refractivity contribution is -0.130. The molecular formula is C17H23FN2O3. The van der Waals surface area contributed by atoms with Gasteiger partial charge in [-0.2, -0.15) is 0 Å².